The summed E-state index contributed by atoms with van der Waals surface area (Å²) in [5, 5.41) is 4.74. The number of benzene rings is 1. The van der Waals surface area contributed by atoms with Crippen LogP contribution < -0.4 is 5.32 Å². The van der Waals surface area contributed by atoms with Crippen LogP contribution in [-0.4, -0.2) is 40.7 Å². The van der Waals surface area contributed by atoms with Crippen LogP contribution in [0.4, 0.5) is 4.79 Å². The van der Waals surface area contributed by atoms with Crippen LogP contribution in [0.1, 0.15) is 26.3 Å². The Balaban J connectivity index is 2.11. The van der Waals surface area contributed by atoms with Crippen molar-refractivity contribution in [3.8, 4) is 0 Å². The lowest BCUT2D eigenvalue weighted by Crippen LogP contribution is -2.43. The molecular formula is C18H22N2O4S. The van der Waals surface area contributed by atoms with E-state index >= 15 is 0 Å². The number of thiocarbonyl (C=S) groups is 1. The molecule has 1 unspecified atom stereocenters. The summed E-state index contributed by atoms with van der Waals surface area (Å²) >= 11 is 4.55. The van der Waals surface area contributed by atoms with Crippen LogP contribution in [0.2, 0.25) is 0 Å². The lowest BCUT2D eigenvalue weighted by Gasteiger charge is -2.23. The van der Waals surface area contributed by atoms with Crippen molar-refractivity contribution in [2.24, 2.45) is 0 Å². The average molecular weight is 362 g/mol. The number of H-pyrrole nitrogens is 1. The van der Waals surface area contributed by atoms with Crippen LogP contribution >= 0.6 is 12.2 Å². The fourth-order valence-electron chi connectivity index (χ4n) is 2.41. The van der Waals surface area contributed by atoms with E-state index in [-0.39, 0.29) is 6.61 Å². The molecule has 134 valence electrons. The second-order valence-corrected chi connectivity index (χ2v) is 6.89. The van der Waals surface area contributed by atoms with Gasteiger partial charge in [-0.15, -0.1) is 0 Å². The van der Waals surface area contributed by atoms with Crippen molar-refractivity contribution >= 4 is 40.6 Å². The number of para-hydroxylation sites is 1. The number of ether oxygens (including phenoxy) is 2. The molecule has 1 aromatic heterocycles. The Bertz CT molecular complexity index is 764. The molecule has 1 atom stereocenters. The van der Waals surface area contributed by atoms with Crippen LogP contribution in [0.15, 0.2) is 30.5 Å². The standard InChI is InChI=1S/C18H22N2O4S/c1-18(2,3)24-17(22)20-13(10-23-16(21)11-25)8-12-9-19-15-7-5-4-6-14(12)15/h4-7,9,11,13,19H,8,10H2,1-3H3,(H,20,22). The molecule has 7 heteroatoms. The van der Waals surface area contributed by atoms with E-state index in [1.807, 2.05) is 30.5 Å². The van der Waals surface area contributed by atoms with Gasteiger partial charge in [-0.3, -0.25) is 0 Å². The first-order chi connectivity index (χ1) is 11.8. The summed E-state index contributed by atoms with van der Waals surface area (Å²) < 4.78 is 10.3. The zero-order valence-corrected chi connectivity index (χ0v) is 15.3. The van der Waals surface area contributed by atoms with Gasteiger partial charge >= 0.3 is 12.1 Å². The summed E-state index contributed by atoms with van der Waals surface area (Å²) in [5.41, 5.74) is 1.40. The number of rotatable bonds is 6. The zero-order chi connectivity index (χ0) is 18.4. The third-order valence-electron chi connectivity index (χ3n) is 3.39. The minimum absolute atomic E-state index is 0.00469. The fourth-order valence-corrected chi connectivity index (χ4v) is 2.48. The first-order valence-corrected chi connectivity index (χ1v) is 8.42. The number of carbonyl (C=O) groups is 2. The van der Waals surface area contributed by atoms with E-state index in [0.29, 0.717) is 6.42 Å². The molecule has 1 aromatic carbocycles. The highest BCUT2D eigenvalue weighted by Gasteiger charge is 2.21. The van der Waals surface area contributed by atoms with Gasteiger partial charge in [0.05, 0.1) is 11.4 Å². The van der Waals surface area contributed by atoms with Gasteiger partial charge in [0.1, 0.15) is 12.2 Å². The van der Waals surface area contributed by atoms with Crippen molar-refractivity contribution in [2.75, 3.05) is 6.61 Å². The quantitative estimate of drug-likeness (QED) is 0.609. The summed E-state index contributed by atoms with van der Waals surface area (Å²) in [7, 11) is 0. The largest absolute Gasteiger partial charge is 0.460 e. The van der Waals surface area contributed by atoms with Crippen molar-refractivity contribution in [1.29, 1.82) is 0 Å². The molecule has 1 amide bonds. The Morgan fingerprint density at radius 1 is 1.32 bits per heavy atom. The van der Waals surface area contributed by atoms with Gasteiger partial charge in [-0.1, -0.05) is 30.4 Å². The van der Waals surface area contributed by atoms with Gasteiger partial charge < -0.3 is 19.8 Å². The van der Waals surface area contributed by atoms with Crippen molar-refractivity contribution in [3.05, 3.63) is 36.0 Å². The molecule has 1 heterocycles. The van der Waals surface area contributed by atoms with Gasteiger partial charge in [-0.2, -0.15) is 0 Å². The third-order valence-corrected chi connectivity index (χ3v) is 3.58. The number of nitrogens with one attached hydrogen (secondary N) is 2. The predicted octanol–water partition coefficient (Wildman–Crippen LogP) is 3.15. The van der Waals surface area contributed by atoms with E-state index in [1.165, 1.54) is 0 Å². The van der Waals surface area contributed by atoms with Crippen LogP contribution in [0.25, 0.3) is 10.9 Å². The number of aromatic amines is 1. The number of alkyl carbamates (subject to hydrolysis) is 1. The normalized spacial score (nSPS) is 12.4. The molecule has 6 nitrogen and oxygen atoms in total. The number of fused-ring (bicyclic) bond motifs is 1. The molecule has 2 aromatic rings. The van der Waals surface area contributed by atoms with Crippen LogP contribution in [-0.2, 0) is 20.7 Å². The highest BCUT2D eigenvalue weighted by atomic mass is 32.1. The van der Waals surface area contributed by atoms with E-state index in [0.717, 1.165) is 21.8 Å². The second kappa shape index (κ2) is 8.11. The van der Waals surface area contributed by atoms with Gasteiger partial charge in [0.2, 0.25) is 0 Å². The number of esters is 1. The lowest BCUT2D eigenvalue weighted by molar-refractivity contribution is -0.135. The lowest BCUT2D eigenvalue weighted by atomic mass is 10.1. The summed E-state index contributed by atoms with van der Waals surface area (Å²) in [6.45, 7) is 5.36. The van der Waals surface area contributed by atoms with Gasteiger partial charge in [-0.05, 0) is 38.8 Å². The third kappa shape index (κ3) is 5.86. The molecular weight excluding hydrogens is 340 g/mol. The van der Waals surface area contributed by atoms with Crippen LogP contribution in [0, 0.1) is 0 Å². The van der Waals surface area contributed by atoms with Gasteiger partial charge in [-0.25, -0.2) is 9.59 Å². The Hall–Kier alpha value is -2.41. The van der Waals surface area contributed by atoms with E-state index in [2.05, 4.69) is 22.5 Å². The van der Waals surface area contributed by atoms with Crippen LogP contribution in [0.5, 0.6) is 0 Å². The highest BCUT2D eigenvalue weighted by molar-refractivity contribution is 7.80. The molecule has 0 aliphatic rings. The topological polar surface area (TPSA) is 80.4 Å². The van der Waals surface area contributed by atoms with Gasteiger partial charge in [0.25, 0.3) is 0 Å². The maximum atomic E-state index is 12.1. The summed E-state index contributed by atoms with van der Waals surface area (Å²) in [6.07, 6.45) is 1.81. The Labute approximate surface area is 151 Å². The smallest absolute Gasteiger partial charge is 0.408 e. The maximum Gasteiger partial charge on any atom is 0.408 e. The number of hydrogen-bond acceptors (Lipinski definition) is 5. The highest BCUT2D eigenvalue weighted by Crippen LogP contribution is 2.19. The van der Waals surface area contributed by atoms with E-state index in [4.69, 9.17) is 9.47 Å². The second-order valence-electron chi connectivity index (χ2n) is 6.65. The molecule has 0 aliphatic carbocycles. The zero-order valence-electron chi connectivity index (χ0n) is 14.5. The van der Waals surface area contributed by atoms with E-state index in [9.17, 15) is 9.59 Å². The molecule has 0 saturated heterocycles. The maximum absolute atomic E-state index is 12.1. The molecule has 2 rings (SSSR count). The Kier molecular flexibility index (Phi) is 6.14. The van der Waals surface area contributed by atoms with Gasteiger partial charge in [0, 0.05) is 17.1 Å². The minimum Gasteiger partial charge on any atom is -0.460 e. The minimum atomic E-state index is -0.611. The van der Waals surface area contributed by atoms with Crippen molar-refractivity contribution < 1.29 is 19.1 Å². The van der Waals surface area contributed by atoms with Crippen LogP contribution in [0.3, 0.4) is 0 Å². The Morgan fingerprint density at radius 3 is 2.72 bits per heavy atom. The Morgan fingerprint density at radius 2 is 2.04 bits per heavy atom. The summed E-state index contributed by atoms with van der Waals surface area (Å²) in [5.74, 6) is -0.607. The van der Waals surface area contributed by atoms with E-state index in [1.54, 1.807) is 20.8 Å². The van der Waals surface area contributed by atoms with Gasteiger partial charge in [0.15, 0.2) is 0 Å². The molecule has 0 fully saturated rings. The molecule has 0 spiro atoms. The SMILES string of the molecule is CC(C)(C)OC(=O)NC(COC(=O)C=S)Cc1c[nH]c2ccccc12. The summed E-state index contributed by atoms with van der Waals surface area (Å²) in [6, 6.07) is 7.42. The molecule has 25 heavy (non-hydrogen) atoms. The molecule has 0 saturated carbocycles. The molecule has 2 N–H and O–H groups in total. The van der Waals surface area contributed by atoms with Crippen molar-refractivity contribution in [2.45, 2.75) is 38.8 Å². The van der Waals surface area contributed by atoms with Crippen molar-refractivity contribution in [1.82, 2.24) is 10.3 Å². The monoisotopic (exact) mass is 362 g/mol. The number of aromatic nitrogens is 1. The number of amides is 1. The molecule has 0 bridgehead atoms. The fraction of sp³-hybridized carbons (Fsp3) is 0.389. The average Bonchev–Trinajstić information content (AvgIpc) is 2.93. The number of carbonyl (C=O) groups excluding carboxylic acids is 2. The summed E-state index contributed by atoms with van der Waals surface area (Å²) in [4.78, 5) is 26.6. The first-order valence-electron chi connectivity index (χ1n) is 7.95. The molecule has 0 aliphatic heterocycles. The predicted molar refractivity (Wildman–Crippen MR) is 99.8 cm³/mol. The molecule has 0 radical (unpaired) electrons. The van der Waals surface area contributed by atoms with E-state index < -0.39 is 23.7 Å². The van der Waals surface area contributed by atoms with Crippen molar-refractivity contribution in [3.63, 3.8) is 0 Å². The number of hydrogen-bond donors (Lipinski definition) is 2. The first kappa shape index (κ1) is 18.9.